The highest BCUT2D eigenvalue weighted by molar-refractivity contribution is 7.19. The zero-order valence-electron chi connectivity index (χ0n) is 12.3. The number of hydrogen-bond acceptors (Lipinski definition) is 5. The first-order valence-electron chi connectivity index (χ1n) is 7.56. The molecule has 2 aromatic heterocycles. The molecular weight excluding hydrogens is 306 g/mol. The molecule has 21 heavy (non-hydrogen) atoms. The lowest BCUT2D eigenvalue weighted by atomic mass is 10.2. The van der Waals surface area contributed by atoms with Crippen LogP contribution in [-0.2, 0) is 11.2 Å². The third-order valence-corrected chi connectivity index (χ3v) is 5.06. The maximum absolute atomic E-state index is 6.10. The van der Waals surface area contributed by atoms with Gasteiger partial charge >= 0.3 is 0 Å². The van der Waals surface area contributed by atoms with E-state index in [1.165, 1.54) is 24.1 Å². The van der Waals surface area contributed by atoms with Gasteiger partial charge in [-0.3, -0.25) is 0 Å². The van der Waals surface area contributed by atoms with Crippen LogP contribution in [-0.4, -0.2) is 36.3 Å². The maximum atomic E-state index is 6.10. The highest BCUT2D eigenvalue weighted by Gasteiger charge is 2.19. The van der Waals surface area contributed by atoms with Gasteiger partial charge in [0.25, 0.3) is 0 Å². The highest BCUT2D eigenvalue weighted by atomic mass is 35.5. The lowest BCUT2D eigenvalue weighted by molar-refractivity contribution is 0.122. The van der Waals surface area contributed by atoms with Crippen molar-refractivity contribution in [1.29, 1.82) is 0 Å². The van der Waals surface area contributed by atoms with Crippen molar-refractivity contribution in [1.82, 2.24) is 9.97 Å². The van der Waals surface area contributed by atoms with Crippen molar-refractivity contribution in [3.05, 3.63) is 16.2 Å². The molecule has 0 aliphatic carbocycles. The summed E-state index contributed by atoms with van der Waals surface area (Å²) < 4.78 is 6.58. The molecule has 0 bridgehead atoms. The Morgan fingerprint density at radius 1 is 1.29 bits per heavy atom. The Hall–Kier alpha value is -0.910. The lowest BCUT2D eigenvalue weighted by Crippen LogP contribution is -2.36. The minimum atomic E-state index is 0.335. The average Bonchev–Trinajstić information content (AvgIpc) is 2.90. The van der Waals surface area contributed by atoms with Gasteiger partial charge in [0, 0.05) is 18.0 Å². The number of morpholine rings is 1. The molecule has 0 radical (unpaired) electrons. The number of aryl methyl sites for hydroxylation is 1. The van der Waals surface area contributed by atoms with Crippen LogP contribution in [0.2, 0.25) is 5.28 Å². The second-order valence-electron chi connectivity index (χ2n) is 5.30. The highest BCUT2D eigenvalue weighted by Crippen LogP contribution is 2.34. The lowest BCUT2D eigenvalue weighted by Gasteiger charge is -2.28. The fraction of sp³-hybridized carbons (Fsp3) is 0.600. The van der Waals surface area contributed by atoms with Gasteiger partial charge in [-0.15, -0.1) is 11.3 Å². The van der Waals surface area contributed by atoms with E-state index in [1.54, 1.807) is 0 Å². The smallest absolute Gasteiger partial charge is 0.224 e. The van der Waals surface area contributed by atoms with Crippen LogP contribution in [0.4, 0.5) is 5.82 Å². The fourth-order valence-electron chi connectivity index (χ4n) is 2.60. The van der Waals surface area contributed by atoms with E-state index < -0.39 is 0 Å². The van der Waals surface area contributed by atoms with Gasteiger partial charge in [0.2, 0.25) is 5.28 Å². The number of hydrogen-bond donors (Lipinski definition) is 0. The van der Waals surface area contributed by atoms with E-state index in [2.05, 4.69) is 27.9 Å². The van der Waals surface area contributed by atoms with Crippen LogP contribution in [0.15, 0.2) is 6.07 Å². The van der Waals surface area contributed by atoms with Crippen LogP contribution in [0.25, 0.3) is 10.2 Å². The number of unbranched alkanes of at least 4 members (excludes halogenated alkanes) is 2. The molecule has 0 aromatic carbocycles. The van der Waals surface area contributed by atoms with Crippen molar-refractivity contribution in [2.75, 3.05) is 31.2 Å². The van der Waals surface area contributed by atoms with E-state index in [4.69, 9.17) is 16.3 Å². The summed E-state index contributed by atoms with van der Waals surface area (Å²) in [5.41, 5.74) is 0.980. The van der Waals surface area contributed by atoms with Gasteiger partial charge in [-0.2, -0.15) is 4.98 Å². The van der Waals surface area contributed by atoms with Gasteiger partial charge < -0.3 is 9.64 Å². The zero-order chi connectivity index (χ0) is 14.7. The number of anilines is 1. The van der Waals surface area contributed by atoms with Gasteiger partial charge in [-0.1, -0.05) is 19.8 Å². The molecule has 2 aromatic rings. The Balaban J connectivity index is 1.91. The minimum absolute atomic E-state index is 0.335. The summed E-state index contributed by atoms with van der Waals surface area (Å²) in [5, 5.41) is 0.335. The molecule has 1 aliphatic rings. The summed E-state index contributed by atoms with van der Waals surface area (Å²) in [6.07, 6.45) is 4.87. The number of nitrogens with zero attached hydrogens (tertiary/aromatic N) is 3. The molecule has 1 fully saturated rings. The second kappa shape index (κ2) is 6.90. The molecule has 3 heterocycles. The first-order valence-corrected chi connectivity index (χ1v) is 8.76. The molecule has 0 amide bonds. The van der Waals surface area contributed by atoms with Crippen molar-refractivity contribution in [3.8, 4) is 0 Å². The van der Waals surface area contributed by atoms with Crippen LogP contribution in [0.5, 0.6) is 0 Å². The summed E-state index contributed by atoms with van der Waals surface area (Å²) in [4.78, 5) is 12.5. The van der Waals surface area contributed by atoms with E-state index in [0.29, 0.717) is 5.28 Å². The van der Waals surface area contributed by atoms with E-state index in [1.807, 2.05) is 11.3 Å². The number of aromatic nitrogens is 2. The van der Waals surface area contributed by atoms with Crippen molar-refractivity contribution in [3.63, 3.8) is 0 Å². The Bertz CT molecular complexity index is 610. The summed E-state index contributed by atoms with van der Waals surface area (Å²) in [6.45, 7) is 5.46. The number of rotatable bonds is 5. The van der Waals surface area contributed by atoms with Gasteiger partial charge in [0.05, 0.1) is 23.4 Å². The molecule has 1 saturated heterocycles. The Morgan fingerprint density at radius 2 is 2.10 bits per heavy atom. The summed E-state index contributed by atoms with van der Waals surface area (Å²) in [5.74, 6) is 0.972. The minimum Gasteiger partial charge on any atom is -0.378 e. The molecule has 0 atom stereocenters. The molecule has 3 rings (SSSR count). The molecule has 0 spiro atoms. The van der Waals surface area contributed by atoms with Gasteiger partial charge in [0.15, 0.2) is 5.82 Å². The molecule has 0 saturated carbocycles. The average molecular weight is 326 g/mol. The monoisotopic (exact) mass is 325 g/mol. The van der Waals surface area contributed by atoms with Crippen molar-refractivity contribution < 1.29 is 4.74 Å². The van der Waals surface area contributed by atoms with Gasteiger partial charge in [-0.25, -0.2) is 4.98 Å². The Labute approximate surface area is 134 Å². The maximum Gasteiger partial charge on any atom is 0.224 e. The van der Waals surface area contributed by atoms with Crippen molar-refractivity contribution in [2.45, 2.75) is 32.6 Å². The van der Waals surface area contributed by atoms with Crippen LogP contribution >= 0.6 is 22.9 Å². The standard InChI is InChI=1S/C15H20ClN3OS/c1-2-3-4-5-11-10-12-13(21-11)14(18-15(16)17-12)19-6-8-20-9-7-19/h10H,2-9H2,1H3. The topological polar surface area (TPSA) is 38.2 Å². The largest absolute Gasteiger partial charge is 0.378 e. The van der Waals surface area contributed by atoms with Crippen LogP contribution in [0, 0.1) is 0 Å². The first-order chi connectivity index (χ1) is 10.3. The predicted molar refractivity (Wildman–Crippen MR) is 88.7 cm³/mol. The third kappa shape index (κ3) is 3.47. The summed E-state index contributed by atoms with van der Waals surface area (Å²) >= 11 is 7.91. The second-order valence-corrected chi connectivity index (χ2v) is 6.77. The fourth-order valence-corrected chi connectivity index (χ4v) is 3.92. The number of thiophene rings is 1. The van der Waals surface area contributed by atoms with Crippen LogP contribution < -0.4 is 4.90 Å². The number of ether oxygens (including phenoxy) is 1. The van der Waals surface area contributed by atoms with Crippen molar-refractivity contribution >= 4 is 39.0 Å². The molecule has 6 heteroatoms. The van der Waals surface area contributed by atoms with E-state index in [0.717, 1.165) is 48.8 Å². The molecule has 114 valence electrons. The molecular formula is C15H20ClN3OS. The molecule has 4 nitrogen and oxygen atoms in total. The molecule has 0 N–H and O–H groups in total. The van der Waals surface area contributed by atoms with E-state index in [-0.39, 0.29) is 0 Å². The van der Waals surface area contributed by atoms with Crippen LogP contribution in [0.1, 0.15) is 31.1 Å². The first kappa shape index (κ1) is 15.0. The van der Waals surface area contributed by atoms with E-state index >= 15 is 0 Å². The van der Waals surface area contributed by atoms with Crippen LogP contribution in [0.3, 0.4) is 0 Å². The quantitative estimate of drug-likeness (QED) is 0.617. The Morgan fingerprint density at radius 3 is 2.86 bits per heavy atom. The zero-order valence-corrected chi connectivity index (χ0v) is 13.8. The summed E-state index contributed by atoms with van der Waals surface area (Å²) in [7, 11) is 0. The normalized spacial score (nSPS) is 15.8. The van der Waals surface area contributed by atoms with Gasteiger partial charge in [-0.05, 0) is 30.5 Å². The molecule has 0 unspecified atom stereocenters. The summed E-state index contributed by atoms with van der Waals surface area (Å²) in [6, 6.07) is 2.17. The number of fused-ring (bicyclic) bond motifs is 1. The predicted octanol–water partition coefficient (Wildman–Crippen LogP) is 3.91. The Kier molecular flexibility index (Phi) is 4.93. The molecule has 1 aliphatic heterocycles. The van der Waals surface area contributed by atoms with E-state index in [9.17, 15) is 0 Å². The van der Waals surface area contributed by atoms with Gasteiger partial charge in [0.1, 0.15) is 0 Å². The third-order valence-electron chi connectivity index (χ3n) is 3.71. The number of halogens is 1. The SMILES string of the molecule is CCCCCc1cc2nc(Cl)nc(N3CCOCC3)c2s1. The van der Waals surface area contributed by atoms with Crippen molar-refractivity contribution in [2.24, 2.45) is 0 Å².